The fourth-order valence-corrected chi connectivity index (χ4v) is 6.36. The first-order valence-corrected chi connectivity index (χ1v) is 16.2. The van der Waals surface area contributed by atoms with Crippen molar-refractivity contribution in [3.8, 4) is 11.9 Å². The van der Waals surface area contributed by atoms with E-state index in [1.807, 2.05) is 22.8 Å². The molecule has 1 amide bonds. The Kier molecular flexibility index (Phi) is 10.1. The van der Waals surface area contributed by atoms with Gasteiger partial charge in [0.05, 0.1) is 49.7 Å². The quantitative estimate of drug-likeness (QED) is 0.145. The number of rotatable bonds is 12. The summed E-state index contributed by atoms with van der Waals surface area (Å²) in [6, 6.07) is 33.4. The molecule has 246 valence electrons. The van der Waals surface area contributed by atoms with Crippen molar-refractivity contribution in [2.45, 2.75) is 44.6 Å². The molecule has 0 saturated carbocycles. The summed E-state index contributed by atoms with van der Waals surface area (Å²) in [5, 5.41) is 22.3. The maximum atomic E-state index is 12.6. The normalized spacial score (nSPS) is 16.9. The number of morpholine rings is 1. The van der Waals surface area contributed by atoms with Crippen LogP contribution in [0.4, 0.5) is 5.95 Å². The van der Waals surface area contributed by atoms with Crippen LogP contribution in [0.3, 0.4) is 0 Å². The van der Waals surface area contributed by atoms with E-state index < -0.39 is 11.6 Å². The van der Waals surface area contributed by atoms with Crippen LogP contribution in [0.15, 0.2) is 97.3 Å². The van der Waals surface area contributed by atoms with Crippen LogP contribution < -0.4 is 10.1 Å². The first kappa shape index (κ1) is 32.8. The number of hydrogen-bond donors (Lipinski definition) is 2. The van der Waals surface area contributed by atoms with Gasteiger partial charge in [-0.2, -0.15) is 15.2 Å². The number of ether oxygens (including phenoxy) is 2. The third-order valence-electron chi connectivity index (χ3n) is 8.53. The Hall–Kier alpha value is -5.15. The van der Waals surface area contributed by atoms with Crippen molar-refractivity contribution in [3.63, 3.8) is 0 Å². The number of fused-ring (bicyclic) bond motifs is 1. The minimum Gasteiger partial charge on any atom is -0.475 e. The highest BCUT2D eigenvalue weighted by Gasteiger charge is 2.46. The highest BCUT2D eigenvalue weighted by Crippen LogP contribution is 2.44. The molecular formula is C37H39N7O4. The lowest BCUT2D eigenvalue weighted by molar-refractivity contribution is -0.124. The number of aliphatic hydroxyl groups excluding tert-OH is 1. The second-order valence-electron chi connectivity index (χ2n) is 12.1. The SMILES string of the molecule is CC(C)C(=O)Nc1nc(OCCC#N)c2ncn(C[C@H]3CN(C(c4ccccc4)(c4ccccc4)c4ccccc4)C[C@@H](CO)O3)c2n1. The summed E-state index contributed by atoms with van der Waals surface area (Å²) in [7, 11) is 0. The zero-order chi connectivity index (χ0) is 33.5. The van der Waals surface area contributed by atoms with Gasteiger partial charge >= 0.3 is 0 Å². The molecule has 1 aliphatic rings. The van der Waals surface area contributed by atoms with Crippen molar-refractivity contribution >= 4 is 23.0 Å². The van der Waals surface area contributed by atoms with Gasteiger partial charge in [0.25, 0.3) is 0 Å². The van der Waals surface area contributed by atoms with Crippen LogP contribution in [0.25, 0.3) is 11.2 Å². The number of anilines is 1. The second kappa shape index (κ2) is 14.7. The van der Waals surface area contributed by atoms with Crippen molar-refractivity contribution in [3.05, 3.63) is 114 Å². The van der Waals surface area contributed by atoms with Gasteiger partial charge < -0.3 is 19.1 Å². The molecule has 2 aromatic heterocycles. The lowest BCUT2D eigenvalue weighted by atomic mass is 9.75. The minimum absolute atomic E-state index is 0.0885. The lowest BCUT2D eigenvalue weighted by Gasteiger charge is -2.50. The van der Waals surface area contributed by atoms with E-state index in [9.17, 15) is 9.90 Å². The summed E-state index contributed by atoms with van der Waals surface area (Å²) in [5.74, 6) is -0.248. The minimum atomic E-state index is -0.686. The average Bonchev–Trinajstić information content (AvgIpc) is 3.52. The zero-order valence-electron chi connectivity index (χ0n) is 27.1. The summed E-state index contributed by atoms with van der Waals surface area (Å²) in [4.78, 5) is 28.6. The highest BCUT2D eigenvalue weighted by atomic mass is 16.5. The number of nitrogens with zero attached hydrogens (tertiary/aromatic N) is 6. The predicted octanol–water partition coefficient (Wildman–Crippen LogP) is 4.77. The van der Waals surface area contributed by atoms with Gasteiger partial charge in [-0.05, 0) is 16.7 Å². The van der Waals surface area contributed by atoms with Gasteiger partial charge in [0, 0.05) is 19.0 Å². The maximum absolute atomic E-state index is 12.6. The molecule has 5 aromatic rings. The number of nitriles is 1. The van der Waals surface area contributed by atoms with Gasteiger partial charge in [-0.3, -0.25) is 15.0 Å². The van der Waals surface area contributed by atoms with Crippen LogP contribution in [0.1, 0.15) is 37.0 Å². The fraction of sp³-hybridized carbons (Fsp3) is 0.324. The molecule has 6 rings (SSSR count). The predicted molar refractivity (Wildman–Crippen MR) is 181 cm³/mol. The average molecular weight is 646 g/mol. The number of aliphatic hydroxyl groups is 1. The van der Waals surface area contributed by atoms with Crippen molar-refractivity contribution in [2.24, 2.45) is 5.92 Å². The van der Waals surface area contributed by atoms with E-state index in [4.69, 9.17) is 14.7 Å². The Morgan fingerprint density at radius 3 is 2.10 bits per heavy atom. The Balaban J connectivity index is 1.42. The monoisotopic (exact) mass is 645 g/mol. The smallest absolute Gasteiger partial charge is 0.247 e. The topological polar surface area (TPSA) is 138 Å². The van der Waals surface area contributed by atoms with E-state index >= 15 is 0 Å². The number of nitrogens with one attached hydrogen (secondary N) is 1. The number of hydrogen-bond acceptors (Lipinski definition) is 9. The summed E-state index contributed by atoms with van der Waals surface area (Å²) >= 11 is 0. The van der Waals surface area contributed by atoms with Gasteiger partial charge in [0.1, 0.15) is 6.61 Å². The van der Waals surface area contributed by atoms with Crippen LogP contribution >= 0.6 is 0 Å². The molecule has 2 atom stereocenters. The van der Waals surface area contributed by atoms with Crippen molar-refractivity contribution in [1.29, 1.82) is 5.26 Å². The molecule has 11 nitrogen and oxygen atoms in total. The first-order chi connectivity index (χ1) is 23.4. The van der Waals surface area contributed by atoms with Gasteiger partial charge in [0.15, 0.2) is 11.2 Å². The number of aromatic nitrogens is 4. The van der Waals surface area contributed by atoms with Gasteiger partial charge in [-0.1, -0.05) is 105 Å². The molecule has 0 aliphatic carbocycles. The largest absolute Gasteiger partial charge is 0.475 e. The fourth-order valence-electron chi connectivity index (χ4n) is 6.36. The third kappa shape index (κ3) is 6.64. The van der Waals surface area contributed by atoms with Crippen LogP contribution in [-0.2, 0) is 21.6 Å². The molecule has 0 unspecified atom stereocenters. The van der Waals surface area contributed by atoms with E-state index in [1.165, 1.54) is 0 Å². The van der Waals surface area contributed by atoms with Crippen molar-refractivity contribution < 1.29 is 19.4 Å². The van der Waals surface area contributed by atoms with Gasteiger partial charge in [0.2, 0.25) is 17.7 Å². The number of benzene rings is 3. The standard InChI is InChI=1S/C37H39N7O4/c1-26(2)34(46)41-36-40-33-32(35(42-36)47-20-12-19-38)39-25-43(33)21-30-22-44(23-31(24-45)48-30)37(27-13-6-3-7-14-27,28-15-8-4-9-16-28)29-17-10-5-11-18-29/h3-11,13-18,25-26,30-31,45H,12,20-24H2,1-2H3,(H,40,41,42,46)/t30-,31-/m0/s1. The first-order valence-electron chi connectivity index (χ1n) is 16.2. The van der Waals surface area contributed by atoms with E-state index in [1.54, 1.807) is 20.2 Å². The van der Waals surface area contributed by atoms with Crippen LogP contribution in [0, 0.1) is 17.2 Å². The molecule has 1 saturated heterocycles. The molecule has 1 fully saturated rings. The third-order valence-corrected chi connectivity index (χ3v) is 8.53. The van der Waals surface area contributed by atoms with Gasteiger partial charge in [-0.25, -0.2) is 4.98 Å². The number of carbonyl (C=O) groups is 1. The number of carbonyl (C=O) groups excluding carboxylic acids is 1. The molecule has 3 heterocycles. The lowest BCUT2D eigenvalue weighted by Crippen LogP contribution is -2.59. The maximum Gasteiger partial charge on any atom is 0.247 e. The number of amides is 1. The highest BCUT2D eigenvalue weighted by molar-refractivity contribution is 5.91. The van der Waals surface area contributed by atoms with Gasteiger partial charge in [-0.15, -0.1) is 0 Å². The molecule has 1 aliphatic heterocycles. The Morgan fingerprint density at radius 1 is 0.979 bits per heavy atom. The van der Waals surface area contributed by atoms with E-state index in [-0.39, 0.29) is 49.4 Å². The molecule has 48 heavy (non-hydrogen) atoms. The van der Waals surface area contributed by atoms with E-state index in [0.717, 1.165) is 16.7 Å². The molecule has 2 N–H and O–H groups in total. The summed E-state index contributed by atoms with van der Waals surface area (Å²) in [5.41, 5.74) is 3.49. The Bertz CT molecular complexity index is 1760. The summed E-state index contributed by atoms with van der Waals surface area (Å²) in [6.45, 7) is 4.88. The molecule has 11 heteroatoms. The molecule has 3 aromatic carbocycles. The summed E-state index contributed by atoms with van der Waals surface area (Å²) < 4.78 is 14.2. The Labute approximate surface area is 279 Å². The van der Waals surface area contributed by atoms with Crippen molar-refractivity contribution in [1.82, 2.24) is 24.4 Å². The van der Waals surface area contributed by atoms with E-state index in [0.29, 0.717) is 30.8 Å². The van der Waals surface area contributed by atoms with Crippen LogP contribution in [0.2, 0.25) is 0 Å². The van der Waals surface area contributed by atoms with Crippen LogP contribution in [-0.4, -0.2) is 73.9 Å². The zero-order valence-corrected chi connectivity index (χ0v) is 27.1. The molecule has 0 radical (unpaired) electrons. The molecular weight excluding hydrogens is 606 g/mol. The summed E-state index contributed by atoms with van der Waals surface area (Å²) in [6.07, 6.45) is 0.977. The molecule has 0 bridgehead atoms. The van der Waals surface area contributed by atoms with E-state index in [2.05, 4.69) is 104 Å². The van der Waals surface area contributed by atoms with Crippen molar-refractivity contribution in [2.75, 3.05) is 31.6 Å². The van der Waals surface area contributed by atoms with Crippen LogP contribution in [0.5, 0.6) is 5.88 Å². The second-order valence-corrected chi connectivity index (χ2v) is 12.1. The number of imidazole rings is 1. The molecule has 0 spiro atoms. The Morgan fingerprint density at radius 2 is 1.56 bits per heavy atom.